The number of hydrogen-bond acceptors (Lipinski definition) is 5. The van der Waals surface area contributed by atoms with E-state index < -0.39 is 20.0 Å². The van der Waals surface area contributed by atoms with Gasteiger partial charge in [-0.25, -0.2) is 8.42 Å². The lowest BCUT2D eigenvalue weighted by molar-refractivity contribution is 0.486. The summed E-state index contributed by atoms with van der Waals surface area (Å²) in [5.74, 6) is -0.0286. The summed E-state index contributed by atoms with van der Waals surface area (Å²) in [4.78, 5) is -0.396. The van der Waals surface area contributed by atoms with Crippen molar-refractivity contribution in [2.24, 2.45) is 0 Å². The van der Waals surface area contributed by atoms with Gasteiger partial charge in [-0.15, -0.1) is 0 Å². The van der Waals surface area contributed by atoms with Gasteiger partial charge in [0.2, 0.25) is 0 Å². The molecular formula is C13H10Cl2O5S2. The number of hydrogen-bond donors (Lipinski definition) is 0. The fourth-order valence-corrected chi connectivity index (χ4v) is 3.56. The highest BCUT2D eigenvalue weighted by Crippen LogP contribution is 2.28. The molecule has 118 valence electrons. The van der Waals surface area contributed by atoms with Crippen molar-refractivity contribution in [1.82, 2.24) is 0 Å². The first-order valence-electron chi connectivity index (χ1n) is 5.79. The van der Waals surface area contributed by atoms with E-state index in [2.05, 4.69) is 0 Å². The third-order valence-electron chi connectivity index (χ3n) is 2.62. The van der Waals surface area contributed by atoms with Gasteiger partial charge in [-0.2, -0.15) is 8.42 Å². The number of halogens is 2. The fourth-order valence-electron chi connectivity index (χ4n) is 1.56. The minimum atomic E-state index is -4.19. The van der Waals surface area contributed by atoms with E-state index in [1.165, 1.54) is 36.4 Å². The Kier molecular flexibility index (Phi) is 4.72. The maximum Gasteiger partial charge on any atom is 0.339 e. The third-order valence-corrected chi connectivity index (χ3v) is 5.71. The topological polar surface area (TPSA) is 77.5 Å². The molecule has 0 bridgehead atoms. The monoisotopic (exact) mass is 380 g/mol. The molecule has 0 aliphatic heterocycles. The summed E-state index contributed by atoms with van der Waals surface area (Å²) in [7, 11) is -7.72. The molecule has 2 aromatic rings. The minimum Gasteiger partial charge on any atom is -0.379 e. The molecule has 0 aromatic heterocycles. The molecule has 0 amide bonds. The van der Waals surface area contributed by atoms with E-state index >= 15 is 0 Å². The van der Waals surface area contributed by atoms with E-state index in [1.807, 2.05) is 0 Å². The Morgan fingerprint density at radius 3 is 2.09 bits per heavy atom. The summed E-state index contributed by atoms with van der Waals surface area (Å²) < 4.78 is 52.3. The van der Waals surface area contributed by atoms with E-state index in [1.54, 1.807) is 0 Å². The quantitative estimate of drug-likeness (QED) is 0.761. The fraction of sp³-hybridized carbons (Fsp3) is 0.0769. The van der Waals surface area contributed by atoms with Gasteiger partial charge in [0.05, 0.1) is 14.9 Å². The molecule has 5 nitrogen and oxygen atoms in total. The number of sulfone groups is 1. The summed E-state index contributed by atoms with van der Waals surface area (Å²) in [5, 5.41) is 0.393. The van der Waals surface area contributed by atoms with Crippen molar-refractivity contribution < 1.29 is 21.0 Å². The molecule has 0 spiro atoms. The Bertz CT molecular complexity index is 921. The summed E-state index contributed by atoms with van der Waals surface area (Å²) in [6, 6.07) is 8.87. The average Bonchev–Trinajstić information content (AvgIpc) is 2.42. The van der Waals surface area contributed by atoms with Crippen molar-refractivity contribution in [2.45, 2.75) is 9.79 Å². The summed E-state index contributed by atoms with van der Waals surface area (Å²) in [6.45, 7) is 0. The first-order chi connectivity index (χ1) is 10.1. The predicted octanol–water partition coefficient (Wildman–Crippen LogP) is 3.16. The van der Waals surface area contributed by atoms with Crippen LogP contribution in [0.5, 0.6) is 5.75 Å². The van der Waals surface area contributed by atoms with Gasteiger partial charge in [-0.05, 0) is 30.3 Å². The Hall–Kier alpha value is -1.28. The lowest BCUT2D eigenvalue weighted by Gasteiger charge is -2.08. The van der Waals surface area contributed by atoms with Crippen LogP contribution in [0.15, 0.2) is 52.3 Å². The van der Waals surface area contributed by atoms with Crippen LogP contribution in [-0.4, -0.2) is 23.1 Å². The first kappa shape index (κ1) is 17.1. The predicted molar refractivity (Wildman–Crippen MR) is 83.8 cm³/mol. The Labute approximate surface area is 138 Å². The normalized spacial score (nSPS) is 12.1. The van der Waals surface area contributed by atoms with Crippen molar-refractivity contribution >= 4 is 43.2 Å². The van der Waals surface area contributed by atoms with Crippen molar-refractivity contribution in [3.8, 4) is 5.75 Å². The molecule has 0 fully saturated rings. The van der Waals surface area contributed by atoms with E-state index in [-0.39, 0.29) is 25.6 Å². The molecule has 0 atom stereocenters. The maximum absolute atomic E-state index is 12.2. The van der Waals surface area contributed by atoms with Gasteiger partial charge >= 0.3 is 10.1 Å². The number of benzene rings is 2. The Balaban J connectivity index is 2.40. The van der Waals surface area contributed by atoms with Crippen LogP contribution >= 0.6 is 23.2 Å². The minimum absolute atomic E-state index is 0.0286. The zero-order valence-electron chi connectivity index (χ0n) is 11.2. The molecule has 0 radical (unpaired) electrons. The number of rotatable bonds is 4. The summed E-state index contributed by atoms with van der Waals surface area (Å²) in [5.41, 5.74) is 0. The van der Waals surface area contributed by atoms with E-state index in [9.17, 15) is 16.8 Å². The average molecular weight is 381 g/mol. The van der Waals surface area contributed by atoms with E-state index in [4.69, 9.17) is 27.4 Å². The molecule has 2 aromatic carbocycles. The van der Waals surface area contributed by atoms with Crippen LogP contribution in [0.3, 0.4) is 0 Å². The van der Waals surface area contributed by atoms with Gasteiger partial charge < -0.3 is 4.18 Å². The summed E-state index contributed by atoms with van der Waals surface area (Å²) in [6.07, 6.45) is 0.985. The van der Waals surface area contributed by atoms with Gasteiger partial charge in [0.15, 0.2) is 9.84 Å². The maximum atomic E-state index is 12.2. The van der Waals surface area contributed by atoms with E-state index in [0.717, 1.165) is 12.3 Å². The smallest absolute Gasteiger partial charge is 0.339 e. The SMILES string of the molecule is CS(=O)(=O)c1cccc(S(=O)(=O)Oc2ccc(Cl)c(Cl)c2)c1. The van der Waals surface area contributed by atoms with Crippen LogP contribution in [0, 0.1) is 0 Å². The van der Waals surface area contributed by atoms with Gasteiger partial charge in [0.25, 0.3) is 0 Å². The third kappa shape index (κ3) is 3.92. The van der Waals surface area contributed by atoms with Crippen LogP contribution in [0.2, 0.25) is 10.0 Å². The Morgan fingerprint density at radius 1 is 0.864 bits per heavy atom. The van der Waals surface area contributed by atoms with Crippen LogP contribution in [0.4, 0.5) is 0 Å². The molecule has 2 rings (SSSR count). The molecular weight excluding hydrogens is 371 g/mol. The molecule has 0 aliphatic rings. The molecule has 9 heteroatoms. The molecule has 0 saturated carbocycles. The molecule has 0 N–H and O–H groups in total. The molecule has 0 aliphatic carbocycles. The zero-order chi connectivity index (χ0) is 16.5. The molecule has 0 heterocycles. The van der Waals surface area contributed by atoms with Crippen LogP contribution in [0.1, 0.15) is 0 Å². The molecule has 22 heavy (non-hydrogen) atoms. The Morgan fingerprint density at radius 2 is 1.50 bits per heavy atom. The highest BCUT2D eigenvalue weighted by molar-refractivity contribution is 7.90. The lowest BCUT2D eigenvalue weighted by atomic mass is 10.3. The molecule has 0 saturated heterocycles. The van der Waals surface area contributed by atoms with Crippen molar-refractivity contribution in [1.29, 1.82) is 0 Å². The highest BCUT2D eigenvalue weighted by atomic mass is 35.5. The standard InChI is InChI=1S/C13H10Cl2O5S2/c1-21(16,17)10-3-2-4-11(8-10)22(18,19)20-9-5-6-12(14)13(15)7-9/h2-8H,1H3. The van der Waals surface area contributed by atoms with Crippen molar-refractivity contribution in [2.75, 3.05) is 6.26 Å². The summed E-state index contributed by atoms with van der Waals surface area (Å²) >= 11 is 11.5. The van der Waals surface area contributed by atoms with Crippen LogP contribution in [0.25, 0.3) is 0 Å². The highest BCUT2D eigenvalue weighted by Gasteiger charge is 2.19. The zero-order valence-corrected chi connectivity index (χ0v) is 14.3. The van der Waals surface area contributed by atoms with Gasteiger partial charge in [-0.3, -0.25) is 0 Å². The van der Waals surface area contributed by atoms with Crippen molar-refractivity contribution in [3.05, 3.63) is 52.5 Å². The lowest BCUT2D eigenvalue weighted by Crippen LogP contribution is -2.10. The van der Waals surface area contributed by atoms with Gasteiger partial charge in [0.1, 0.15) is 10.6 Å². The second kappa shape index (κ2) is 6.08. The van der Waals surface area contributed by atoms with Crippen LogP contribution < -0.4 is 4.18 Å². The second-order valence-corrected chi connectivity index (χ2v) is 8.74. The van der Waals surface area contributed by atoms with Crippen LogP contribution in [-0.2, 0) is 20.0 Å². The largest absolute Gasteiger partial charge is 0.379 e. The second-order valence-electron chi connectivity index (χ2n) is 4.36. The van der Waals surface area contributed by atoms with E-state index in [0.29, 0.717) is 0 Å². The first-order valence-corrected chi connectivity index (χ1v) is 9.85. The van der Waals surface area contributed by atoms with Gasteiger partial charge in [0, 0.05) is 12.3 Å². The molecule has 0 unspecified atom stereocenters. The van der Waals surface area contributed by atoms with Crippen molar-refractivity contribution in [3.63, 3.8) is 0 Å². The van der Waals surface area contributed by atoms with Gasteiger partial charge in [-0.1, -0.05) is 29.3 Å².